The number of rotatable bonds is 1. The Labute approximate surface area is 167 Å². The van der Waals surface area contributed by atoms with Gasteiger partial charge in [-0.25, -0.2) is 0 Å². The Morgan fingerprint density at radius 1 is 1.00 bits per heavy atom. The number of fused-ring (bicyclic) bond motifs is 5. The van der Waals surface area contributed by atoms with Crippen LogP contribution in [0.2, 0.25) is 0 Å². The van der Waals surface area contributed by atoms with E-state index < -0.39 is 29.5 Å². The van der Waals surface area contributed by atoms with E-state index in [9.17, 15) is 31.9 Å². The van der Waals surface area contributed by atoms with Crippen LogP contribution in [-0.2, 0) is 4.79 Å². The Morgan fingerprint density at radius 3 is 2.24 bits per heavy atom. The van der Waals surface area contributed by atoms with Crippen molar-refractivity contribution in [1.82, 2.24) is 0 Å². The number of hydrogen-bond acceptors (Lipinski definition) is 2. The van der Waals surface area contributed by atoms with E-state index in [0.29, 0.717) is 12.8 Å². The number of carbonyl (C=O) groups excluding carboxylic acids is 1. The highest BCUT2D eigenvalue weighted by Crippen LogP contribution is 2.71. The molecule has 0 radical (unpaired) electrons. The Morgan fingerprint density at radius 2 is 1.62 bits per heavy atom. The Kier molecular flexibility index (Phi) is 4.43. The van der Waals surface area contributed by atoms with E-state index in [0.717, 1.165) is 18.4 Å². The highest BCUT2D eigenvalue weighted by Gasteiger charge is 2.79. The first kappa shape index (κ1) is 21.3. The van der Waals surface area contributed by atoms with Crippen LogP contribution in [0.15, 0.2) is 11.6 Å². The molecule has 0 bridgehead atoms. The third-order valence-corrected chi connectivity index (χ3v) is 9.61. The molecule has 0 unspecified atom stereocenters. The van der Waals surface area contributed by atoms with E-state index in [4.69, 9.17) is 0 Å². The van der Waals surface area contributed by atoms with Crippen LogP contribution < -0.4 is 0 Å². The Bertz CT molecular complexity index is 759. The first-order chi connectivity index (χ1) is 13.2. The van der Waals surface area contributed by atoms with Crippen LogP contribution in [0.4, 0.5) is 22.0 Å². The van der Waals surface area contributed by atoms with E-state index in [1.54, 1.807) is 6.08 Å². The number of allylic oxidation sites excluding steroid dienone is 2. The zero-order chi connectivity index (χ0) is 21.6. The third kappa shape index (κ3) is 2.45. The van der Waals surface area contributed by atoms with Crippen LogP contribution in [0, 0.1) is 34.5 Å². The summed E-state index contributed by atoms with van der Waals surface area (Å²) in [6, 6.07) is 0. The highest BCUT2D eigenvalue weighted by atomic mass is 19.4. The van der Waals surface area contributed by atoms with Crippen LogP contribution in [0.25, 0.3) is 0 Å². The second-order valence-electron chi connectivity index (χ2n) is 10.4. The molecule has 3 fully saturated rings. The fourth-order valence-electron chi connectivity index (χ4n) is 7.82. The lowest BCUT2D eigenvalue weighted by atomic mass is 9.44. The van der Waals surface area contributed by atoms with E-state index in [-0.39, 0.29) is 47.7 Å². The molecule has 7 atom stereocenters. The summed E-state index contributed by atoms with van der Waals surface area (Å²) in [6.45, 7) is 5.53. The van der Waals surface area contributed by atoms with E-state index in [1.807, 2.05) is 6.92 Å². The first-order valence-electron chi connectivity index (χ1n) is 10.6. The van der Waals surface area contributed by atoms with Crippen LogP contribution in [0.1, 0.15) is 65.7 Å². The highest BCUT2D eigenvalue weighted by molar-refractivity contribution is 5.91. The van der Waals surface area contributed by atoms with Crippen LogP contribution in [-0.4, -0.2) is 28.6 Å². The number of hydrogen-bond donors (Lipinski definition) is 1. The molecule has 3 saturated carbocycles. The lowest BCUT2D eigenvalue weighted by Crippen LogP contribution is -2.66. The van der Waals surface area contributed by atoms with Crippen LogP contribution in [0.5, 0.6) is 0 Å². The Hall–Kier alpha value is -0.980. The summed E-state index contributed by atoms with van der Waals surface area (Å²) in [6.07, 6.45) is -1.81. The average Bonchev–Trinajstić information content (AvgIpc) is 2.88. The van der Waals surface area contributed by atoms with Gasteiger partial charge in [0.1, 0.15) is 5.60 Å². The van der Waals surface area contributed by atoms with Gasteiger partial charge in [-0.1, -0.05) is 19.4 Å². The van der Waals surface area contributed by atoms with Crippen molar-refractivity contribution in [2.75, 3.05) is 0 Å². The maximum absolute atomic E-state index is 14.5. The molecule has 4 aliphatic carbocycles. The number of ketones is 1. The third-order valence-electron chi connectivity index (χ3n) is 9.61. The summed E-state index contributed by atoms with van der Waals surface area (Å²) < 4.78 is 68.6. The van der Waals surface area contributed by atoms with Crippen molar-refractivity contribution in [3.05, 3.63) is 11.6 Å². The molecule has 2 nitrogen and oxygen atoms in total. The quantitative estimate of drug-likeness (QED) is 0.553. The lowest BCUT2D eigenvalue weighted by molar-refractivity contribution is -0.364. The second kappa shape index (κ2) is 6.04. The zero-order valence-electron chi connectivity index (χ0n) is 17.1. The van der Waals surface area contributed by atoms with Gasteiger partial charge in [0.05, 0.1) is 0 Å². The number of aliphatic hydroxyl groups is 1. The number of carbonyl (C=O) groups is 1. The minimum Gasteiger partial charge on any atom is -0.383 e. The van der Waals surface area contributed by atoms with Crippen LogP contribution in [0.3, 0.4) is 0 Å². The largest absolute Gasteiger partial charge is 0.456 e. The molecule has 0 amide bonds. The fraction of sp³-hybridized carbons (Fsp3) is 0.864. The van der Waals surface area contributed by atoms with Gasteiger partial charge in [-0.3, -0.25) is 4.79 Å². The average molecular weight is 420 g/mol. The van der Waals surface area contributed by atoms with Gasteiger partial charge in [-0.2, -0.15) is 22.0 Å². The van der Waals surface area contributed by atoms with Crippen LogP contribution >= 0.6 is 0 Å². The molecule has 0 aromatic heterocycles. The molecular formula is C22H29F5O2. The summed E-state index contributed by atoms with van der Waals surface area (Å²) in [4.78, 5) is 12.1. The van der Waals surface area contributed by atoms with Gasteiger partial charge in [-0.15, -0.1) is 0 Å². The van der Waals surface area contributed by atoms with Crippen molar-refractivity contribution in [2.45, 2.75) is 83.4 Å². The summed E-state index contributed by atoms with van der Waals surface area (Å²) >= 11 is 0. The molecule has 29 heavy (non-hydrogen) atoms. The predicted octanol–water partition coefficient (Wildman–Crippen LogP) is 5.69. The summed E-state index contributed by atoms with van der Waals surface area (Å²) in [7, 11) is 0. The number of halogens is 5. The molecule has 7 heteroatoms. The minimum absolute atomic E-state index is 0.00962. The first-order valence-corrected chi connectivity index (χ1v) is 10.6. The van der Waals surface area contributed by atoms with Gasteiger partial charge in [0.25, 0.3) is 0 Å². The molecule has 1 N–H and O–H groups in total. The standard InChI is InChI=1S/C22H29F5O2/c1-12-10-14(28)11-13-4-5-15-16-7-9-20(29,21(23,24)22(25,26)27)18(16,2)8-6-17(15)19(12,13)3/h10,13,15-17,29H,4-9,11H2,1-3H3/t13-,15-,16-,17-,18-,19-,20-/m0/s1. The van der Waals surface area contributed by atoms with Gasteiger partial charge in [0, 0.05) is 11.8 Å². The fourth-order valence-corrected chi connectivity index (χ4v) is 7.82. The maximum atomic E-state index is 14.5. The van der Waals surface area contributed by atoms with E-state index >= 15 is 0 Å². The summed E-state index contributed by atoms with van der Waals surface area (Å²) in [5, 5.41) is 10.9. The Balaban J connectivity index is 1.72. The molecule has 0 heterocycles. The normalized spacial score (nSPS) is 47.9. The predicted molar refractivity (Wildman–Crippen MR) is 97.2 cm³/mol. The maximum Gasteiger partial charge on any atom is 0.456 e. The molecular weight excluding hydrogens is 391 g/mol. The van der Waals surface area contributed by atoms with Gasteiger partial charge >= 0.3 is 12.1 Å². The SMILES string of the molecule is CC1=CC(=O)C[C@@H]2CC[C@@H]3[C@H](CC[C@@]4(C)[C@H]3CC[C@@]4(O)C(F)(F)C(F)(F)F)[C@@]12C. The van der Waals surface area contributed by atoms with Crippen molar-refractivity contribution >= 4 is 5.78 Å². The molecule has 4 aliphatic rings. The van der Waals surface area contributed by atoms with E-state index in [2.05, 4.69) is 6.92 Å². The minimum atomic E-state index is -5.77. The smallest absolute Gasteiger partial charge is 0.383 e. The molecule has 0 spiro atoms. The molecule has 0 aromatic rings. The van der Waals surface area contributed by atoms with Crippen molar-refractivity contribution in [2.24, 2.45) is 34.5 Å². The van der Waals surface area contributed by atoms with Crippen molar-refractivity contribution in [3.8, 4) is 0 Å². The van der Waals surface area contributed by atoms with Crippen molar-refractivity contribution < 1.29 is 31.9 Å². The van der Waals surface area contributed by atoms with Gasteiger partial charge < -0.3 is 5.11 Å². The second-order valence-corrected chi connectivity index (χ2v) is 10.4. The monoisotopic (exact) mass is 420 g/mol. The molecule has 164 valence electrons. The molecule has 0 saturated heterocycles. The summed E-state index contributed by atoms with van der Waals surface area (Å²) in [5.74, 6) is -5.06. The summed E-state index contributed by atoms with van der Waals surface area (Å²) in [5.41, 5.74) is -3.77. The zero-order valence-corrected chi connectivity index (χ0v) is 17.1. The van der Waals surface area contributed by atoms with Crippen molar-refractivity contribution in [3.63, 3.8) is 0 Å². The lowest BCUT2D eigenvalue weighted by Gasteiger charge is -2.61. The molecule has 4 rings (SSSR count). The molecule has 0 aromatic carbocycles. The van der Waals surface area contributed by atoms with Gasteiger partial charge in [-0.05, 0) is 80.6 Å². The topological polar surface area (TPSA) is 37.3 Å². The number of alkyl halides is 5. The molecule has 0 aliphatic heterocycles. The van der Waals surface area contributed by atoms with E-state index in [1.165, 1.54) is 6.92 Å². The van der Waals surface area contributed by atoms with Gasteiger partial charge in [0.15, 0.2) is 5.78 Å². The van der Waals surface area contributed by atoms with Gasteiger partial charge in [0.2, 0.25) is 0 Å². The van der Waals surface area contributed by atoms with Crippen molar-refractivity contribution in [1.29, 1.82) is 0 Å².